The number of nitrogens with zero attached hydrogens (tertiary/aromatic N) is 2. The third-order valence-electron chi connectivity index (χ3n) is 7.11. The Kier molecular flexibility index (Phi) is 7.98. The van der Waals surface area contributed by atoms with Crippen LogP contribution in [-0.2, 0) is 31.0 Å². The van der Waals surface area contributed by atoms with E-state index in [9.17, 15) is 27.6 Å². The van der Waals surface area contributed by atoms with Crippen LogP contribution in [0.25, 0.3) is 0 Å². The van der Waals surface area contributed by atoms with Crippen LogP contribution >= 0.6 is 55.0 Å². The molecule has 43 heavy (non-hydrogen) atoms. The number of halogens is 2. The van der Waals surface area contributed by atoms with Crippen molar-refractivity contribution in [2.45, 2.75) is 27.6 Å². The molecule has 3 atom stereocenters. The highest BCUT2D eigenvalue weighted by Gasteiger charge is 2.56. The number of amides is 3. The van der Waals surface area contributed by atoms with Crippen molar-refractivity contribution < 1.29 is 22.8 Å². The van der Waals surface area contributed by atoms with Crippen LogP contribution in [0, 0.1) is 5.92 Å². The van der Waals surface area contributed by atoms with Crippen LogP contribution in [0.15, 0.2) is 96.5 Å². The summed E-state index contributed by atoms with van der Waals surface area (Å²) >= 11 is 8.95. The lowest BCUT2D eigenvalue weighted by Gasteiger charge is -2.30. The van der Waals surface area contributed by atoms with Gasteiger partial charge in [-0.15, -0.1) is 0 Å². The maximum atomic E-state index is 14.0. The van der Waals surface area contributed by atoms with E-state index in [1.807, 2.05) is 24.3 Å². The number of imide groups is 1. The second-order valence-corrected chi connectivity index (χ2v) is 15.3. The molecule has 0 spiro atoms. The first-order valence-corrected chi connectivity index (χ1v) is 17.5. The number of aromatic nitrogens is 1. The number of fused-ring (bicyclic) bond motifs is 2. The normalized spacial score (nSPS) is 19.7. The Labute approximate surface area is 270 Å². The number of carbonyl (C=O) groups excluding carboxylic acids is 3. The summed E-state index contributed by atoms with van der Waals surface area (Å²) in [7, 11) is -3.89. The molecule has 10 nitrogen and oxygen atoms in total. The molecule has 2 aliphatic heterocycles. The minimum absolute atomic E-state index is 0.105. The Hall–Kier alpha value is -3.08. The van der Waals surface area contributed by atoms with Gasteiger partial charge < -0.3 is 5.32 Å². The molecule has 1 fully saturated rings. The second-order valence-electron chi connectivity index (χ2n) is 9.83. The number of carbonyl (C=O) groups is 3. The number of sulfonamides is 1. The molecule has 0 bridgehead atoms. The van der Waals surface area contributed by atoms with Crippen LogP contribution in [-0.4, -0.2) is 36.0 Å². The van der Waals surface area contributed by atoms with E-state index < -0.39 is 43.8 Å². The van der Waals surface area contributed by atoms with Gasteiger partial charge in [-0.2, -0.15) is 0 Å². The highest BCUT2D eigenvalue weighted by Crippen LogP contribution is 2.54. The molecule has 0 aliphatic carbocycles. The minimum atomic E-state index is -3.89. The fourth-order valence-electron chi connectivity index (χ4n) is 5.23. The van der Waals surface area contributed by atoms with E-state index in [1.54, 1.807) is 24.3 Å². The number of thiazole rings is 1. The van der Waals surface area contributed by atoms with E-state index in [4.69, 9.17) is 5.14 Å². The molecule has 6 rings (SSSR count). The van der Waals surface area contributed by atoms with E-state index >= 15 is 0 Å². The van der Waals surface area contributed by atoms with E-state index in [-0.39, 0.29) is 17.3 Å². The predicted molar refractivity (Wildman–Crippen MR) is 171 cm³/mol. The number of thioether (sulfide) groups is 1. The lowest BCUT2D eigenvalue weighted by molar-refractivity contribution is -0.122. The summed E-state index contributed by atoms with van der Waals surface area (Å²) < 4.78 is 26.0. The fourth-order valence-corrected chi connectivity index (χ4v) is 9.20. The van der Waals surface area contributed by atoms with Gasteiger partial charge in [0.1, 0.15) is 11.8 Å². The van der Waals surface area contributed by atoms with Gasteiger partial charge in [-0.1, -0.05) is 67.1 Å². The summed E-state index contributed by atoms with van der Waals surface area (Å²) in [5, 5.41) is 7.44. The zero-order chi connectivity index (χ0) is 30.6. The van der Waals surface area contributed by atoms with Gasteiger partial charge in [0.05, 0.1) is 21.5 Å². The Balaban J connectivity index is 1.37. The number of nitrogens with two attached hydrogens (primary N) is 1. The van der Waals surface area contributed by atoms with Crippen LogP contribution in [0.3, 0.4) is 0 Å². The molecule has 2 aliphatic rings. The van der Waals surface area contributed by atoms with Crippen molar-refractivity contribution in [3.05, 3.63) is 102 Å². The second kappa shape index (κ2) is 11.4. The Morgan fingerprint density at radius 1 is 0.930 bits per heavy atom. The maximum absolute atomic E-state index is 14.0. The Morgan fingerprint density at radius 3 is 2.28 bits per heavy atom. The fraction of sp³-hybridized carbons (Fsp3) is 0.143. The van der Waals surface area contributed by atoms with E-state index in [0.717, 1.165) is 37.6 Å². The Bertz CT molecular complexity index is 1960. The topological polar surface area (TPSA) is 149 Å². The molecule has 3 amide bonds. The van der Waals surface area contributed by atoms with E-state index in [0.29, 0.717) is 21.3 Å². The molecule has 0 saturated carbocycles. The molecule has 3 aromatic carbocycles. The average Bonchev–Trinajstić information content (AvgIpc) is 3.39. The summed E-state index contributed by atoms with van der Waals surface area (Å²) in [4.78, 5) is 55.4. The first kappa shape index (κ1) is 30.0. The van der Waals surface area contributed by atoms with Gasteiger partial charge in [-0.3, -0.25) is 23.7 Å². The highest BCUT2D eigenvalue weighted by molar-refractivity contribution is 9.10. The molecular formula is C28H20Br2N4O6S3. The molecule has 0 radical (unpaired) electrons. The van der Waals surface area contributed by atoms with Gasteiger partial charge in [-0.25, -0.2) is 18.5 Å². The lowest BCUT2D eigenvalue weighted by Crippen LogP contribution is -2.33. The van der Waals surface area contributed by atoms with Crippen molar-refractivity contribution >= 4 is 94.1 Å². The van der Waals surface area contributed by atoms with Gasteiger partial charge in [0, 0.05) is 25.4 Å². The average molecular weight is 764 g/mol. The standard InChI is InChI=1S/C28H20Br2N4O6S3/c29-15-4-8-18(9-5-15)34-25(36)22-21(14-2-1-3-16(30)12-14)24-27(41-23(22)26(34)37)33(28(38)42-24)13-20(35)32-17-6-10-19(11-7-17)43(31,39)40/h1-12,21-23H,13H2,(H,32,35)(H2,31,39,40)/t21-,22-,23+/m0/s1. The molecule has 0 unspecified atom stereocenters. The van der Waals surface area contributed by atoms with Crippen LogP contribution in [0.4, 0.5) is 11.4 Å². The predicted octanol–water partition coefficient (Wildman–Crippen LogP) is 4.52. The molecule has 220 valence electrons. The summed E-state index contributed by atoms with van der Waals surface area (Å²) in [6.45, 7) is -0.351. The van der Waals surface area contributed by atoms with Crippen molar-refractivity contribution in [2.24, 2.45) is 11.1 Å². The van der Waals surface area contributed by atoms with Crippen molar-refractivity contribution in [1.29, 1.82) is 0 Å². The number of hydrogen-bond acceptors (Lipinski definition) is 8. The van der Waals surface area contributed by atoms with Crippen LogP contribution in [0.5, 0.6) is 0 Å². The van der Waals surface area contributed by atoms with Crippen LogP contribution in [0.1, 0.15) is 16.4 Å². The highest BCUT2D eigenvalue weighted by atomic mass is 79.9. The van der Waals surface area contributed by atoms with E-state index in [2.05, 4.69) is 37.2 Å². The number of hydrogen-bond donors (Lipinski definition) is 2. The van der Waals surface area contributed by atoms with Gasteiger partial charge in [-0.05, 0) is 66.2 Å². The Morgan fingerprint density at radius 2 is 1.63 bits per heavy atom. The van der Waals surface area contributed by atoms with Gasteiger partial charge in [0.2, 0.25) is 27.7 Å². The third kappa shape index (κ3) is 5.65. The third-order valence-corrected chi connectivity index (χ3v) is 11.7. The van der Waals surface area contributed by atoms with Crippen molar-refractivity contribution in [3.8, 4) is 0 Å². The summed E-state index contributed by atoms with van der Waals surface area (Å²) in [6.07, 6.45) is 0. The number of benzene rings is 3. The van der Waals surface area contributed by atoms with Gasteiger partial charge >= 0.3 is 4.87 Å². The molecular weight excluding hydrogens is 744 g/mol. The molecule has 1 aromatic heterocycles. The smallest absolute Gasteiger partial charge is 0.308 e. The van der Waals surface area contributed by atoms with Gasteiger partial charge in [0.25, 0.3) is 0 Å². The first-order chi connectivity index (χ1) is 20.4. The quantitative estimate of drug-likeness (QED) is 0.275. The lowest BCUT2D eigenvalue weighted by atomic mass is 9.83. The zero-order valence-electron chi connectivity index (χ0n) is 21.8. The summed E-state index contributed by atoms with van der Waals surface area (Å²) in [5.74, 6) is -2.63. The van der Waals surface area contributed by atoms with Crippen molar-refractivity contribution in [2.75, 3.05) is 10.2 Å². The molecule has 1 saturated heterocycles. The number of primary sulfonamides is 1. The van der Waals surface area contributed by atoms with Crippen molar-refractivity contribution in [3.63, 3.8) is 0 Å². The monoisotopic (exact) mass is 762 g/mol. The number of rotatable bonds is 6. The molecule has 3 N–H and O–H groups in total. The summed E-state index contributed by atoms with van der Waals surface area (Å²) in [5.41, 5.74) is 1.53. The summed E-state index contributed by atoms with van der Waals surface area (Å²) in [6, 6.07) is 19.6. The minimum Gasteiger partial charge on any atom is -0.325 e. The molecule has 3 heterocycles. The SMILES string of the molecule is NS(=O)(=O)c1ccc(NC(=O)Cn2c3c(sc2=O)[C@@H](c2cccc(Br)c2)[C@@H]2C(=O)N(c4ccc(Br)cc4)C(=O)[C@@H]2S3)cc1. The number of anilines is 2. The largest absolute Gasteiger partial charge is 0.325 e. The van der Waals surface area contributed by atoms with Crippen molar-refractivity contribution in [1.82, 2.24) is 4.57 Å². The first-order valence-electron chi connectivity index (χ1n) is 12.6. The van der Waals surface area contributed by atoms with E-state index in [1.165, 1.54) is 33.7 Å². The van der Waals surface area contributed by atoms with Crippen LogP contribution in [0.2, 0.25) is 0 Å². The number of nitrogens with one attached hydrogen (secondary N) is 1. The van der Waals surface area contributed by atoms with Crippen LogP contribution < -0.4 is 20.2 Å². The van der Waals surface area contributed by atoms with Gasteiger partial charge in [0.15, 0.2) is 0 Å². The zero-order valence-corrected chi connectivity index (χ0v) is 27.4. The molecule has 15 heteroatoms. The maximum Gasteiger partial charge on any atom is 0.308 e. The molecule has 4 aromatic rings.